The van der Waals surface area contributed by atoms with Gasteiger partial charge in [0.05, 0.1) is 18.1 Å². The van der Waals surface area contributed by atoms with Crippen molar-refractivity contribution >= 4 is 23.6 Å². The predicted octanol–water partition coefficient (Wildman–Crippen LogP) is 2.82. The fourth-order valence-electron chi connectivity index (χ4n) is 2.77. The molecular weight excluding hydrogens is 323 g/mol. The number of piperidine rings is 1. The highest BCUT2D eigenvalue weighted by Gasteiger charge is 2.33. The number of carbonyl (C=O) groups excluding carboxylic acids is 2. The molecule has 0 bridgehead atoms. The van der Waals surface area contributed by atoms with Crippen LogP contribution in [0.15, 0.2) is 18.2 Å². The van der Waals surface area contributed by atoms with Gasteiger partial charge in [0, 0.05) is 19.6 Å². The van der Waals surface area contributed by atoms with Gasteiger partial charge in [0.1, 0.15) is 5.82 Å². The maximum absolute atomic E-state index is 13.1. The number of likely N-dealkylation sites (tertiary alicyclic amines) is 1. The molecule has 1 aromatic carbocycles. The van der Waals surface area contributed by atoms with Gasteiger partial charge in [-0.3, -0.25) is 4.79 Å². The van der Waals surface area contributed by atoms with E-state index in [1.165, 1.54) is 19.2 Å². The van der Waals surface area contributed by atoms with E-state index in [2.05, 4.69) is 5.32 Å². The van der Waals surface area contributed by atoms with Crippen molar-refractivity contribution in [3.63, 3.8) is 0 Å². The van der Waals surface area contributed by atoms with Crippen LogP contribution in [0.2, 0.25) is 5.02 Å². The summed E-state index contributed by atoms with van der Waals surface area (Å²) in [5.74, 6) is -0.832. The van der Waals surface area contributed by atoms with Crippen LogP contribution in [0.25, 0.3) is 0 Å². The molecule has 7 heteroatoms. The zero-order chi connectivity index (χ0) is 17.0. The standard InChI is InChI=1S/C16H20ClFN2O3/c1-10-9-20(6-5-12(10)15(21)23-2)16(22)19-8-11-3-4-14(18)13(17)7-11/h3-4,7,10,12H,5-6,8-9H2,1-2H3,(H,19,22)/t10-,12+/m0/s1. The Morgan fingerprint density at radius 3 is 2.83 bits per heavy atom. The summed E-state index contributed by atoms with van der Waals surface area (Å²) in [5, 5.41) is 2.82. The molecule has 126 valence electrons. The first kappa shape index (κ1) is 17.5. The minimum absolute atomic E-state index is 0.0317. The summed E-state index contributed by atoms with van der Waals surface area (Å²) in [5.41, 5.74) is 0.724. The number of ether oxygens (including phenoxy) is 1. The third kappa shape index (κ3) is 4.34. The van der Waals surface area contributed by atoms with Crippen LogP contribution in [0.3, 0.4) is 0 Å². The van der Waals surface area contributed by atoms with E-state index in [0.717, 1.165) is 5.56 Å². The molecule has 0 aromatic heterocycles. The Bertz CT molecular complexity index is 597. The number of nitrogens with one attached hydrogen (secondary N) is 1. The summed E-state index contributed by atoms with van der Waals surface area (Å²) >= 11 is 5.71. The van der Waals surface area contributed by atoms with Gasteiger partial charge in [0.15, 0.2) is 0 Å². The molecule has 0 spiro atoms. The Balaban J connectivity index is 1.87. The number of amides is 2. The number of urea groups is 1. The number of benzene rings is 1. The molecular formula is C16H20ClFN2O3. The first-order valence-corrected chi connectivity index (χ1v) is 7.84. The molecule has 0 aliphatic carbocycles. The van der Waals surface area contributed by atoms with E-state index in [9.17, 15) is 14.0 Å². The average molecular weight is 343 g/mol. The first-order valence-electron chi connectivity index (χ1n) is 7.47. The largest absolute Gasteiger partial charge is 0.469 e. The van der Waals surface area contributed by atoms with E-state index in [0.29, 0.717) is 19.5 Å². The Kier molecular flexibility index (Phi) is 5.82. The molecule has 1 aliphatic rings. The zero-order valence-electron chi connectivity index (χ0n) is 13.1. The van der Waals surface area contributed by atoms with Gasteiger partial charge in [-0.2, -0.15) is 0 Å². The van der Waals surface area contributed by atoms with Crippen LogP contribution in [-0.4, -0.2) is 37.1 Å². The smallest absolute Gasteiger partial charge is 0.317 e. The minimum Gasteiger partial charge on any atom is -0.469 e. The van der Waals surface area contributed by atoms with E-state index in [-0.39, 0.29) is 35.4 Å². The monoisotopic (exact) mass is 342 g/mol. The van der Waals surface area contributed by atoms with Crippen molar-refractivity contribution in [1.82, 2.24) is 10.2 Å². The molecule has 23 heavy (non-hydrogen) atoms. The van der Waals surface area contributed by atoms with Gasteiger partial charge in [0.2, 0.25) is 0 Å². The number of halogens is 2. The van der Waals surface area contributed by atoms with Crippen LogP contribution in [0.1, 0.15) is 18.9 Å². The Morgan fingerprint density at radius 2 is 2.22 bits per heavy atom. The van der Waals surface area contributed by atoms with E-state index in [1.54, 1.807) is 11.0 Å². The molecule has 2 atom stereocenters. The topological polar surface area (TPSA) is 58.6 Å². The van der Waals surface area contributed by atoms with Crippen molar-refractivity contribution in [2.75, 3.05) is 20.2 Å². The molecule has 1 aliphatic heterocycles. The predicted molar refractivity (Wildman–Crippen MR) is 84.5 cm³/mol. The summed E-state index contributed by atoms with van der Waals surface area (Å²) in [4.78, 5) is 25.5. The second-order valence-electron chi connectivity index (χ2n) is 5.75. The number of carbonyl (C=O) groups is 2. The van der Waals surface area contributed by atoms with Gasteiger partial charge >= 0.3 is 12.0 Å². The molecule has 2 amide bonds. The van der Waals surface area contributed by atoms with Crippen molar-refractivity contribution < 1.29 is 18.7 Å². The summed E-state index contributed by atoms with van der Waals surface area (Å²) in [7, 11) is 1.38. The molecule has 0 unspecified atom stereocenters. The van der Waals surface area contributed by atoms with Crippen molar-refractivity contribution in [1.29, 1.82) is 0 Å². The van der Waals surface area contributed by atoms with E-state index >= 15 is 0 Å². The normalized spacial score (nSPS) is 21.0. The van der Waals surface area contributed by atoms with Crippen LogP contribution >= 0.6 is 11.6 Å². The minimum atomic E-state index is -0.486. The maximum atomic E-state index is 13.1. The highest BCUT2D eigenvalue weighted by atomic mass is 35.5. The third-order valence-corrected chi connectivity index (χ3v) is 4.41. The highest BCUT2D eigenvalue weighted by Crippen LogP contribution is 2.24. The van der Waals surface area contributed by atoms with Crippen LogP contribution < -0.4 is 5.32 Å². The lowest BCUT2D eigenvalue weighted by Gasteiger charge is -2.35. The van der Waals surface area contributed by atoms with Crippen molar-refractivity contribution in [2.45, 2.75) is 19.9 Å². The fraction of sp³-hybridized carbons (Fsp3) is 0.500. The Morgan fingerprint density at radius 1 is 1.48 bits per heavy atom. The molecule has 2 rings (SSSR count). The van der Waals surface area contributed by atoms with Gasteiger partial charge in [-0.05, 0) is 30.0 Å². The Hall–Kier alpha value is -1.82. The summed E-state index contributed by atoms with van der Waals surface area (Å²) in [6.45, 7) is 3.20. The molecule has 1 aromatic rings. The molecule has 1 fully saturated rings. The van der Waals surface area contributed by atoms with Gasteiger partial charge in [-0.25, -0.2) is 9.18 Å². The lowest BCUT2D eigenvalue weighted by Crippen LogP contribution is -2.48. The first-order chi connectivity index (χ1) is 10.9. The number of rotatable bonds is 3. The van der Waals surface area contributed by atoms with Crippen LogP contribution in [0.4, 0.5) is 9.18 Å². The second kappa shape index (κ2) is 7.64. The van der Waals surface area contributed by atoms with Crippen molar-refractivity contribution in [2.24, 2.45) is 11.8 Å². The molecule has 1 heterocycles. The van der Waals surface area contributed by atoms with Crippen LogP contribution in [0, 0.1) is 17.7 Å². The number of methoxy groups -OCH3 is 1. The molecule has 0 radical (unpaired) electrons. The van der Waals surface area contributed by atoms with Gasteiger partial charge in [-0.15, -0.1) is 0 Å². The van der Waals surface area contributed by atoms with Gasteiger partial charge in [0.25, 0.3) is 0 Å². The average Bonchev–Trinajstić information content (AvgIpc) is 2.54. The molecule has 1 saturated heterocycles. The van der Waals surface area contributed by atoms with E-state index < -0.39 is 5.82 Å². The zero-order valence-corrected chi connectivity index (χ0v) is 13.9. The Labute approximate surface area is 139 Å². The van der Waals surface area contributed by atoms with Crippen molar-refractivity contribution in [3.8, 4) is 0 Å². The number of hydrogen-bond donors (Lipinski definition) is 1. The number of esters is 1. The lowest BCUT2D eigenvalue weighted by molar-refractivity contribution is -0.148. The second-order valence-corrected chi connectivity index (χ2v) is 6.16. The lowest BCUT2D eigenvalue weighted by atomic mass is 9.87. The number of hydrogen-bond acceptors (Lipinski definition) is 3. The highest BCUT2D eigenvalue weighted by molar-refractivity contribution is 6.30. The van der Waals surface area contributed by atoms with Crippen LogP contribution in [-0.2, 0) is 16.1 Å². The summed E-state index contributed by atoms with van der Waals surface area (Å²) < 4.78 is 17.9. The van der Waals surface area contributed by atoms with Gasteiger partial charge in [-0.1, -0.05) is 24.6 Å². The quantitative estimate of drug-likeness (QED) is 0.859. The summed E-state index contributed by atoms with van der Waals surface area (Å²) in [6, 6.07) is 4.13. The van der Waals surface area contributed by atoms with Gasteiger partial charge < -0.3 is 15.0 Å². The molecule has 5 nitrogen and oxygen atoms in total. The fourth-order valence-corrected chi connectivity index (χ4v) is 2.97. The SMILES string of the molecule is COC(=O)[C@@H]1CCN(C(=O)NCc2ccc(F)c(Cl)c2)C[C@@H]1C. The maximum Gasteiger partial charge on any atom is 0.317 e. The van der Waals surface area contributed by atoms with Crippen molar-refractivity contribution in [3.05, 3.63) is 34.6 Å². The third-order valence-electron chi connectivity index (χ3n) is 4.12. The molecule has 0 saturated carbocycles. The number of nitrogens with zero attached hydrogens (tertiary/aromatic N) is 1. The van der Waals surface area contributed by atoms with Crippen LogP contribution in [0.5, 0.6) is 0 Å². The summed E-state index contributed by atoms with van der Waals surface area (Å²) in [6.07, 6.45) is 0.587. The van der Waals surface area contributed by atoms with E-state index in [1.807, 2.05) is 6.92 Å². The molecule has 1 N–H and O–H groups in total. The van der Waals surface area contributed by atoms with E-state index in [4.69, 9.17) is 16.3 Å².